The summed E-state index contributed by atoms with van der Waals surface area (Å²) >= 11 is 0. The molecular formula is C18H29NO2. The Morgan fingerprint density at radius 2 is 1.62 bits per heavy atom. The maximum Gasteiger partial charge on any atom is 0.261 e. The van der Waals surface area contributed by atoms with Crippen molar-refractivity contribution in [2.24, 2.45) is 11.8 Å². The van der Waals surface area contributed by atoms with E-state index in [2.05, 4.69) is 33.0 Å². The summed E-state index contributed by atoms with van der Waals surface area (Å²) < 4.78 is 5.84. The van der Waals surface area contributed by atoms with E-state index in [1.807, 2.05) is 32.0 Å². The minimum Gasteiger partial charge on any atom is -0.481 e. The van der Waals surface area contributed by atoms with E-state index in [9.17, 15) is 4.79 Å². The zero-order valence-electron chi connectivity index (χ0n) is 14.4. The second-order valence-electron chi connectivity index (χ2n) is 6.48. The van der Waals surface area contributed by atoms with Crippen LogP contribution in [0.15, 0.2) is 18.2 Å². The minimum atomic E-state index is -0.495. The molecule has 1 N–H and O–H groups in total. The highest BCUT2D eigenvalue weighted by Crippen LogP contribution is 2.22. The highest BCUT2D eigenvalue weighted by molar-refractivity contribution is 5.81. The predicted molar refractivity (Wildman–Crippen MR) is 87.6 cm³/mol. The van der Waals surface area contributed by atoms with E-state index in [4.69, 9.17) is 4.74 Å². The molecule has 0 aliphatic heterocycles. The van der Waals surface area contributed by atoms with Gasteiger partial charge in [-0.2, -0.15) is 0 Å². The molecule has 1 unspecified atom stereocenters. The number of amides is 1. The molecule has 21 heavy (non-hydrogen) atoms. The SMILES string of the molecule is Cc1cccc(OC(C)C(=O)NC(C(C)C)C(C)C)c1C. The molecule has 0 bridgehead atoms. The lowest BCUT2D eigenvalue weighted by molar-refractivity contribution is -0.128. The van der Waals surface area contributed by atoms with Gasteiger partial charge in [-0.3, -0.25) is 4.79 Å². The molecule has 3 nitrogen and oxygen atoms in total. The highest BCUT2D eigenvalue weighted by atomic mass is 16.5. The van der Waals surface area contributed by atoms with E-state index in [0.29, 0.717) is 11.8 Å². The summed E-state index contributed by atoms with van der Waals surface area (Å²) in [6.45, 7) is 14.4. The molecule has 0 aliphatic rings. The first kappa shape index (κ1) is 17.5. The van der Waals surface area contributed by atoms with E-state index >= 15 is 0 Å². The second-order valence-corrected chi connectivity index (χ2v) is 6.48. The van der Waals surface area contributed by atoms with Gasteiger partial charge in [0.2, 0.25) is 0 Å². The number of benzene rings is 1. The summed E-state index contributed by atoms with van der Waals surface area (Å²) in [5, 5.41) is 3.11. The number of hydrogen-bond acceptors (Lipinski definition) is 2. The number of carbonyl (C=O) groups is 1. The van der Waals surface area contributed by atoms with Crippen LogP contribution < -0.4 is 10.1 Å². The zero-order valence-corrected chi connectivity index (χ0v) is 14.4. The van der Waals surface area contributed by atoms with Crippen molar-refractivity contribution in [2.75, 3.05) is 0 Å². The van der Waals surface area contributed by atoms with Crippen molar-refractivity contribution >= 4 is 5.91 Å². The molecule has 118 valence electrons. The van der Waals surface area contributed by atoms with Gasteiger partial charge >= 0.3 is 0 Å². The lowest BCUT2D eigenvalue weighted by atomic mass is 9.93. The quantitative estimate of drug-likeness (QED) is 0.864. The Morgan fingerprint density at radius 1 is 1.05 bits per heavy atom. The average molecular weight is 291 g/mol. The lowest BCUT2D eigenvalue weighted by Crippen LogP contribution is -2.47. The van der Waals surface area contributed by atoms with Crippen LogP contribution in [0.4, 0.5) is 0 Å². The van der Waals surface area contributed by atoms with Crippen LogP contribution in [0, 0.1) is 25.7 Å². The van der Waals surface area contributed by atoms with Gasteiger partial charge in [-0.15, -0.1) is 0 Å². The first-order valence-corrected chi connectivity index (χ1v) is 7.77. The van der Waals surface area contributed by atoms with Crippen molar-refractivity contribution in [2.45, 2.75) is 60.6 Å². The molecule has 0 heterocycles. The van der Waals surface area contributed by atoms with Crippen molar-refractivity contribution < 1.29 is 9.53 Å². The third kappa shape index (κ3) is 4.76. The first-order chi connectivity index (χ1) is 9.73. The first-order valence-electron chi connectivity index (χ1n) is 7.77. The van der Waals surface area contributed by atoms with E-state index in [-0.39, 0.29) is 11.9 Å². The second kappa shape index (κ2) is 7.48. The van der Waals surface area contributed by atoms with E-state index in [1.54, 1.807) is 6.92 Å². The van der Waals surface area contributed by atoms with E-state index in [1.165, 1.54) is 5.56 Å². The number of aryl methyl sites for hydroxylation is 1. The van der Waals surface area contributed by atoms with Gasteiger partial charge in [-0.1, -0.05) is 39.8 Å². The molecule has 0 aliphatic carbocycles. The molecule has 0 spiro atoms. The summed E-state index contributed by atoms with van der Waals surface area (Å²) in [6, 6.07) is 6.07. The fraction of sp³-hybridized carbons (Fsp3) is 0.611. The molecule has 0 radical (unpaired) electrons. The van der Waals surface area contributed by atoms with Crippen LogP contribution in [-0.2, 0) is 4.79 Å². The summed E-state index contributed by atoms with van der Waals surface area (Å²) in [5.41, 5.74) is 2.25. The number of rotatable bonds is 6. The fourth-order valence-corrected chi connectivity index (χ4v) is 2.48. The summed E-state index contributed by atoms with van der Waals surface area (Å²) in [7, 11) is 0. The third-order valence-corrected chi connectivity index (χ3v) is 3.97. The predicted octanol–water partition coefficient (Wildman–Crippen LogP) is 3.87. The van der Waals surface area contributed by atoms with Crippen LogP contribution in [0.3, 0.4) is 0 Å². The topological polar surface area (TPSA) is 38.3 Å². The number of carbonyl (C=O) groups excluding carboxylic acids is 1. The Balaban J connectivity index is 2.72. The molecule has 1 atom stereocenters. The Labute approximate surface area is 129 Å². The van der Waals surface area contributed by atoms with E-state index in [0.717, 1.165) is 11.3 Å². The van der Waals surface area contributed by atoms with Crippen molar-refractivity contribution in [1.29, 1.82) is 0 Å². The molecule has 0 aromatic heterocycles. The van der Waals surface area contributed by atoms with Gasteiger partial charge in [0.05, 0.1) is 0 Å². The Bertz CT molecular complexity index is 472. The molecular weight excluding hydrogens is 262 g/mol. The van der Waals surface area contributed by atoms with Crippen LogP contribution in [0.1, 0.15) is 45.7 Å². The van der Waals surface area contributed by atoms with Crippen LogP contribution in [0.2, 0.25) is 0 Å². The summed E-state index contributed by atoms with van der Waals surface area (Å²) in [4.78, 5) is 12.3. The molecule has 0 fully saturated rings. The monoisotopic (exact) mass is 291 g/mol. The van der Waals surface area contributed by atoms with Gasteiger partial charge in [0.1, 0.15) is 5.75 Å². The smallest absolute Gasteiger partial charge is 0.261 e. The summed E-state index contributed by atoms with van der Waals surface area (Å²) in [6.07, 6.45) is -0.495. The van der Waals surface area contributed by atoms with Gasteiger partial charge in [-0.25, -0.2) is 0 Å². The minimum absolute atomic E-state index is 0.0525. The average Bonchev–Trinajstić information content (AvgIpc) is 2.40. The van der Waals surface area contributed by atoms with Gasteiger partial charge < -0.3 is 10.1 Å². The van der Waals surface area contributed by atoms with Crippen molar-refractivity contribution in [3.63, 3.8) is 0 Å². The van der Waals surface area contributed by atoms with Gasteiger partial charge in [0, 0.05) is 6.04 Å². The number of nitrogens with one attached hydrogen (secondary N) is 1. The fourth-order valence-electron chi connectivity index (χ4n) is 2.48. The molecule has 1 aromatic rings. The van der Waals surface area contributed by atoms with Gasteiger partial charge in [-0.05, 0) is 49.8 Å². The van der Waals surface area contributed by atoms with Crippen LogP contribution in [0.5, 0.6) is 5.75 Å². The highest BCUT2D eigenvalue weighted by Gasteiger charge is 2.23. The molecule has 0 saturated heterocycles. The number of hydrogen-bond donors (Lipinski definition) is 1. The molecule has 3 heteroatoms. The normalized spacial score (nSPS) is 12.9. The Morgan fingerprint density at radius 3 is 2.14 bits per heavy atom. The molecule has 1 aromatic carbocycles. The maximum absolute atomic E-state index is 12.3. The Hall–Kier alpha value is -1.51. The Kier molecular flexibility index (Phi) is 6.25. The van der Waals surface area contributed by atoms with Crippen molar-refractivity contribution in [1.82, 2.24) is 5.32 Å². The number of ether oxygens (including phenoxy) is 1. The third-order valence-electron chi connectivity index (χ3n) is 3.97. The largest absolute Gasteiger partial charge is 0.481 e. The van der Waals surface area contributed by atoms with Gasteiger partial charge in [0.25, 0.3) is 5.91 Å². The standard InChI is InChI=1S/C18H29NO2/c1-11(2)17(12(3)4)19-18(20)15(7)21-16-10-8-9-13(5)14(16)6/h8-12,15,17H,1-7H3,(H,19,20). The molecule has 1 rings (SSSR count). The maximum atomic E-state index is 12.3. The van der Waals surface area contributed by atoms with Gasteiger partial charge in [0.15, 0.2) is 6.10 Å². The van der Waals surface area contributed by atoms with Crippen molar-refractivity contribution in [3.8, 4) is 5.75 Å². The van der Waals surface area contributed by atoms with Crippen LogP contribution in [0.25, 0.3) is 0 Å². The summed E-state index contributed by atoms with van der Waals surface area (Å²) in [5.74, 6) is 1.54. The molecule has 1 amide bonds. The molecule has 0 saturated carbocycles. The van der Waals surface area contributed by atoms with Crippen LogP contribution >= 0.6 is 0 Å². The lowest BCUT2D eigenvalue weighted by Gasteiger charge is -2.27. The van der Waals surface area contributed by atoms with E-state index < -0.39 is 6.10 Å². The van der Waals surface area contributed by atoms with Crippen LogP contribution in [-0.4, -0.2) is 18.1 Å². The zero-order chi connectivity index (χ0) is 16.2. The van der Waals surface area contributed by atoms with Crippen molar-refractivity contribution in [3.05, 3.63) is 29.3 Å².